The fraction of sp³-hybridized carbons (Fsp3) is 0.214. The highest BCUT2D eigenvalue weighted by Gasteiger charge is 2.08. The van der Waals surface area contributed by atoms with E-state index < -0.39 is 8.07 Å². The number of pyridine rings is 1. The molecule has 0 N–H and O–H groups in total. The molecule has 2 rings (SSSR count). The Morgan fingerprint density at radius 2 is 1.88 bits per heavy atom. The van der Waals surface area contributed by atoms with Crippen LogP contribution < -0.4 is 0 Å². The zero-order valence-corrected chi connectivity index (χ0v) is 12.8. The summed E-state index contributed by atoms with van der Waals surface area (Å²) in [6.45, 7) is 6.70. The van der Waals surface area contributed by atoms with Gasteiger partial charge in [0.2, 0.25) is 0 Å². The number of para-hydroxylation sites is 1. The van der Waals surface area contributed by atoms with Gasteiger partial charge in [-0.25, -0.2) is 4.98 Å². The molecule has 1 aromatic heterocycles. The van der Waals surface area contributed by atoms with Crippen LogP contribution in [0.1, 0.15) is 5.69 Å². The van der Waals surface area contributed by atoms with E-state index in [1.165, 1.54) is 0 Å². The molecule has 0 bridgehead atoms. The summed E-state index contributed by atoms with van der Waals surface area (Å²) in [5, 5.41) is 1.13. The Bertz CT molecular complexity index is 617. The second kappa shape index (κ2) is 4.64. The van der Waals surface area contributed by atoms with Gasteiger partial charge in [-0.3, -0.25) is 0 Å². The van der Waals surface area contributed by atoms with Gasteiger partial charge in [-0.15, -0.1) is 5.54 Å². The van der Waals surface area contributed by atoms with Crippen molar-refractivity contribution in [3.8, 4) is 11.5 Å². The van der Waals surface area contributed by atoms with Crippen LogP contribution in [0.25, 0.3) is 10.9 Å². The molecule has 0 unspecified atom stereocenters. The van der Waals surface area contributed by atoms with Gasteiger partial charge in [0.1, 0.15) is 13.8 Å². The fourth-order valence-electron chi connectivity index (χ4n) is 1.45. The van der Waals surface area contributed by atoms with Crippen LogP contribution >= 0.6 is 15.9 Å². The Hall–Kier alpha value is -1.11. The Kier molecular flexibility index (Phi) is 3.37. The predicted octanol–water partition coefficient (Wildman–Crippen LogP) is 4.23. The molecule has 0 saturated heterocycles. The smallest absolute Gasteiger partial charge is 0.129 e. The van der Waals surface area contributed by atoms with Gasteiger partial charge in [-0.05, 0) is 28.1 Å². The van der Waals surface area contributed by atoms with E-state index in [2.05, 4.69) is 58.1 Å². The second-order valence-electron chi connectivity index (χ2n) is 5.01. The molecule has 3 heteroatoms. The summed E-state index contributed by atoms with van der Waals surface area (Å²) < 4.78 is 1.06. The number of benzene rings is 1. The van der Waals surface area contributed by atoms with E-state index in [1.54, 1.807) is 0 Å². The maximum atomic E-state index is 4.56. The lowest BCUT2D eigenvalue weighted by Crippen LogP contribution is -2.16. The summed E-state index contributed by atoms with van der Waals surface area (Å²) in [4.78, 5) is 4.56. The molecular weight excluding hydrogens is 290 g/mol. The van der Waals surface area contributed by atoms with Crippen LogP contribution in [-0.4, -0.2) is 13.1 Å². The van der Waals surface area contributed by atoms with Crippen molar-refractivity contribution in [1.29, 1.82) is 0 Å². The second-order valence-corrected chi connectivity index (χ2v) is 10.6. The largest absolute Gasteiger partial charge is 0.239 e. The standard InChI is InChI=1S/C14H14BrNSi/c1-17(2,3)9-8-11-10-13(15)12-6-4-5-7-14(12)16-11/h4-7,10H,1-3H3. The van der Waals surface area contributed by atoms with Crippen molar-refractivity contribution in [2.24, 2.45) is 0 Å². The minimum Gasteiger partial charge on any atom is -0.239 e. The van der Waals surface area contributed by atoms with Crippen LogP contribution in [0.3, 0.4) is 0 Å². The number of fused-ring (bicyclic) bond motifs is 1. The van der Waals surface area contributed by atoms with Crippen molar-refractivity contribution in [2.75, 3.05) is 0 Å². The van der Waals surface area contributed by atoms with E-state index in [0.717, 1.165) is 21.1 Å². The molecule has 0 atom stereocenters. The van der Waals surface area contributed by atoms with Gasteiger partial charge in [-0.1, -0.05) is 43.8 Å². The van der Waals surface area contributed by atoms with Crippen LogP contribution in [0.2, 0.25) is 19.6 Å². The van der Waals surface area contributed by atoms with E-state index in [0.29, 0.717) is 0 Å². The summed E-state index contributed by atoms with van der Waals surface area (Å²) >= 11 is 3.57. The first-order valence-corrected chi connectivity index (χ1v) is 9.83. The molecule has 0 fully saturated rings. The maximum absolute atomic E-state index is 4.56. The monoisotopic (exact) mass is 303 g/mol. The maximum Gasteiger partial charge on any atom is 0.129 e. The lowest BCUT2D eigenvalue weighted by atomic mass is 10.2. The van der Waals surface area contributed by atoms with Gasteiger partial charge in [0.05, 0.1) is 5.52 Å². The zero-order chi connectivity index (χ0) is 12.5. The highest BCUT2D eigenvalue weighted by molar-refractivity contribution is 9.10. The molecule has 0 aliphatic carbocycles. The molecule has 0 saturated carbocycles. The third-order valence-electron chi connectivity index (χ3n) is 2.23. The Morgan fingerprint density at radius 1 is 1.18 bits per heavy atom. The van der Waals surface area contributed by atoms with Gasteiger partial charge in [0, 0.05) is 9.86 Å². The quantitative estimate of drug-likeness (QED) is 0.524. The molecule has 86 valence electrons. The van der Waals surface area contributed by atoms with Crippen LogP contribution in [-0.2, 0) is 0 Å². The SMILES string of the molecule is C[Si](C)(C)C#Cc1cc(Br)c2ccccc2n1. The Morgan fingerprint density at radius 3 is 2.59 bits per heavy atom. The molecular formula is C14H14BrNSi. The summed E-state index contributed by atoms with van der Waals surface area (Å²) in [7, 11) is -1.34. The number of halogens is 1. The average molecular weight is 304 g/mol. The molecule has 1 heterocycles. The van der Waals surface area contributed by atoms with Crippen molar-refractivity contribution in [3.05, 3.63) is 40.5 Å². The minimum absolute atomic E-state index is 0.845. The summed E-state index contributed by atoms with van der Waals surface area (Å²) in [6, 6.07) is 10.1. The highest BCUT2D eigenvalue weighted by atomic mass is 79.9. The zero-order valence-electron chi connectivity index (χ0n) is 10.2. The first-order valence-electron chi connectivity index (χ1n) is 5.54. The normalized spacial score (nSPS) is 11.1. The van der Waals surface area contributed by atoms with E-state index >= 15 is 0 Å². The first kappa shape index (κ1) is 12.3. The molecule has 0 aliphatic rings. The number of nitrogens with zero attached hydrogens (tertiary/aromatic N) is 1. The van der Waals surface area contributed by atoms with E-state index in [-0.39, 0.29) is 0 Å². The number of hydrogen-bond acceptors (Lipinski definition) is 1. The molecule has 0 aliphatic heterocycles. The minimum atomic E-state index is -1.34. The van der Waals surface area contributed by atoms with E-state index in [4.69, 9.17) is 0 Å². The number of aromatic nitrogens is 1. The topological polar surface area (TPSA) is 12.9 Å². The predicted molar refractivity (Wildman–Crippen MR) is 79.7 cm³/mol. The summed E-state index contributed by atoms with van der Waals surface area (Å²) in [5.74, 6) is 3.19. The van der Waals surface area contributed by atoms with Crippen molar-refractivity contribution >= 4 is 34.9 Å². The Balaban J connectivity index is 2.53. The molecule has 0 spiro atoms. The van der Waals surface area contributed by atoms with Gasteiger partial charge >= 0.3 is 0 Å². The van der Waals surface area contributed by atoms with Gasteiger partial charge in [0.25, 0.3) is 0 Å². The highest BCUT2D eigenvalue weighted by Crippen LogP contribution is 2.22. The summed E-state index contributed by atoms with van der Waals surface area (Å²) in [6.07, 6.45) is 0. The molecule has 1 nitrogen and oxygen atoms in total. The van der Waals surface area contributed by atoms with Gasteiger partial charge < -0.3 is 0 Å². The Labute approximate surface area is 111 Å². The summed E-state index contributed by atoms with van der Waals surface area (Å²) in [5.41, 5.74) is 5.17. The van der Waals surface area contributed by atoms with Crippen molar-refractivity contribution < 1.29 is 0 Å². The number of hydrogen-bond donors (Lipinski definition) is 0. The third kappa shape index (κ3) is 3.18. The van der Waals surface area contributed by atoms with E-state index in [1.807, 2.05) is 24.3 Å². The van der Waals surface area contributed by atoms with Crippen LogP contribution in [0.5, 0.6) is 0 Å². The lowest BCUT2D eigenvalue weighted by Gasteiger charge is -2.04. The fourth-order valence-corrected chi connectivity index (χ4v) is 2.50. The first-order chi connectivity index (χ1) is 7.96. The van der Waals surface area contributed by atoms with Crippen molar-refractivity contribution in [3.63, 3.8) is 0 Å². The molecule has 17 heavy (non-hydrogen) atoms. The van der Waals surface area contributed by atoms with Crippen LogP contribution in [0, 0.1) is 11.5 Å². The van der Waals surface area contributed by atoms with E-state index in [9.17, 15) is 0 Å². The molecule has 0 radical (unpaired) electrons. The van der Waals surface area contributed by atoms with Crippen molar-refractivity contribution in [1.82, 2.24) is 4.98 Å². The van der Waals surface area contributed by atoms with Gasteiger partial charge in [-0.2, -0.15) is 0 Å². The molecule has 1 aromatic carbocycles. The average Bonchev–Trinajstić information content (AvgIpc) is 2.26. The van der Waals surface area contributed by atoms with Crippen molar-refractivity contribution in [2.45, 2.75) is 19.6 Å². The number of rotatable bonds is 0. The van der Waals surface area contributed by atoms with Gasteiger partial charge in [0.15, 0.2) is 0 Å². The molecule has 2 aromatic rings. The third-order valence-corrected chi connectivity index (χ3v) is 3.76. The molecule has 0 amide bonds. The van der Waals surface area contributed by atoms with Crippen LogP contribution in [0.15, 0.2) is 34.8 Å². The van der Waals surface area contributed by atoms with Crippen LogP contribution in [0.4, 0.5) is 0 Å². The lowest BCUT2D eigenvalue weighted by molar-refractivity contribution is 1.35.